The normalized spacial score (nSPS) is 20.0. The van der Waals surface area contributed by atoms with Gasteiger partial charge >= 0.3 is 0 Å². The molecule has 0 bridgehead atoms. The summed E-state index contributed by atoms with van der Waals surface area (Å²) >= 11 is 0. The van der Waals surface area contributed by atoms with Gasteiger partial charge in [0.05, 0.1) is 0 Å². The Morgan fingerprint density at radius 1 is 1.12 bits per heavy atom. The van der Waals surface area contributed by atoms with Gasteiger partial charge in [-0.25, -0.2) is 0 Å². The highest BCUT2D eigenvalue weighted by atomic mass is 16.1. The Bertz CT molecular complexity index is 348. The van der Waals surface area contributed by atoms with Crippen molar-refractivity contribution in [1.82, 2.24) is 0 Å². The third-order valence-corrected chi connectivity index (χ3v) is 3.63. The minimum atomic E-state index is -0.492. The van der Waals surface area contributed by atoms with E-state index in [0.29, 0.717) is 12.0 Å². The second-order valence-electron chi connectivity index (χ2n) is 5.73. The van der Waals surface area contributed by atoms with E-state index in [2.05, 4.69) is 6.92 Å². The number of rotatable bonds is 5. The predicted molar refractivity (Wildman–Crippen MR) is 69.9 cm³/mol. The fraction of sp³-hybridized carbons (Fsp3) is 0.733. The molecule has 0 saturated heterocycles. The molecule has 0 spiro atoms. The van der Waals surface area contributed by atoms with E-state index in [1.165, 1.54) is 12.8 Å². The predicted octanol–water partition coefficient (Wildman–Crippen LogP) is 3.84. The molecule has 0 unspecified atom stereocenters. The van der Waals surface area contributed by atoms with Crippen LogP contribution < -0.4 is 0 Å². The maximum Gasteiger partial charge on any atom is 0.165 e. The Labute approximate surface area is 104 Å². The molecule has 1 aliphatic carbocycles. The lowest BCUT2D eigenvalue weighted by atomic mass is 9.72. The van der Waals surface area contributed by atoms with Gasteiger partial charge in [0.25, 0.3) is 0 Å². The van der Waals surface area contributed by atoms with Crippen LogP contribution >= 0.6 is 0 Å². The highest BCUT2D eigenvalue weighted by Gasteiger charge is 2.38. The van der Waals surface area contributed by atoms with Gasteiger partial charge in [0.15, 0.2) is 11.6 Å². The largest absolute Gasteiger partial charge is 0.295 e. The lowest BCUT2D eigenvalue weighted by molar-refractivity contribution is -0.130. The SMILES string of the molecule is CCCCCCC1=C(C)C(=O)C(C)(C)CC1=O. The van der Waals surface area contributed by atoms with Gasteiger partial charge in [-0.05, 0) is 25.3 Å². The molecular formula is C15H24O2. The zero-order valence-corrected chi connectivity index (χ0v) is 11.6. The highest BCUT2D eigenvalue weighted by Crippen LogP contribution is 2.35. The quantitative estimate of drug-likeness (QED) is 0.680. The molecule has 1 aliphatic rings. The van der Waals surface area contributed by atoms with Crippen molar-refractivity contribution in [2.24, 2.45) is 5.41 Å². The summed E-state index contributed by atoms with van der Waals surface area (Å²) in [4.78, 5) is 24.1. The number of unbranched alkanes of at least 4 members (excludes halogenated alkanes) is 3. The molecule has 0 aromatic heterocycles. The third kappa shape index (κ3) is 3.27. The Kier molecular flexibility index (Phi) is 4.67. The van der Waals surface area contributed by atoms with Gasteiger partial charge in [-0.2, -0.15) is 0 Å². The van der Waals surface area contributed by atoms with Crippen molar-refractivity contribution in [3.05, 3.63) is 11.1 Å². The van der Waals surface area contributed by atoms with Crippen LogP contribution in [0.5, 0.6) is 0 Å². The van der Waals surface area contributed by atoms with E-state index in [1.807, 2.05) is 20.8 Å². The number of allylic oxidation sites excluding steroid dienone is 2. The number of ketones is 2. The van der Waals surface area contributed by atoms with Crippen molar-refractivity contribution in [2.75, 3.05) is 0 Å². The van der Waals surface area contributed by atoms with E-state index in [9.17, 15) is 9.59 Å². The van der Waals surface area contributed by atoms with Crippen LogP contribution in [0.15, 0.2) is 11.1 Å². The molecule has 17 heavy (non-hydrogen) atoms. The molecule has 0 atom stereocenters. The van der Waals surface area contributed by atoms with E-state index in [-0.39, 0.29) is 11.6 Å². The number of carbonyl (C=O) groups is 2. The molecule has 2 nitrogen and oxygen atoms in total. The van der Waals surface area contributed by atoms with Crippen LogP contribution in [0.1, 0.15) is 66.2 Å². The van der Waals surface area contributed by atoms with Gasteiger partial charge < -0.3 is 0 Å². The Morgan fingerprint density at radius 2 is 1.76 bits per heavy atom. The van der Waals surface area contributed by atoms with Crippen molar-refractivity contribution < 1.29 is 9.59 Å². The van der Waals surface area contributed by atoms with Crippen LogP contribution in [-0.4, -0.2) is 11.6 Å². The molecular weight excluding hydrogens is 212 g/mol. The summed E-state index contributed by atoms with van der Waals surface area (Å²) in [6.07, 6.45) is 5.74. The fourth-order valence-electron chi connectivity index (χ4n) is 2.50. The van der Waals surface area contributed by atoms with Crippen molar-refractivity contribution in [2.45, 2.75) is 66.2 Å². The average Bonchev–Trinajstić information content (AvgIpc) is 2.25. The monoisotopic (exact) mass is 236 g/mol. The van der Waals surface area contributed by atoms with E-state index in [4.69, 9.17) is 0 Å². The number of hydrogen-bond acceptors (Lipinski definition) is 2. The fourth-order valence-corrected chi connectivity index (χ4v) is 2.50. The van der Waals surface area contributed by atoms with Crippen molar-refractivity contribution in [3.8, 4) is 0 Å². The van der Waals surface area contributed by atoms with Gasteiger partial charge in [-0.1, -0.05) is 40.0 Å². The van der Waals surface area contributed by atoms with E-state index < -0.39 is 5.41 Å². The number of carbonyl (C=O) groups excluding carboxylic acids is 2. The van der Waals surface area contributed by atoms with Gasteiger partial charge in [0.2, 0.25) is 0 Å². The molecule has 0 aromatic rings. The summed E-state index contributed by atoms with van der Waals surface area (Å²) in [7, 11) is 0. The standard InChI is InChI=1S/C15H24O2/c1-5-6-7-8-9-12-11(2)14(17)15(3,4)10-13(12)16/h5-10H2,1-4H3. The van der Waals surface area contributed by atoms with Crippen molar-refractivity contribution in [1.29, 1.82) is 0 Å². The molecule has 2 heteroatoms. The first-order valence-electron chi connectivity index (χ1n) is 6.68. The minimum absolute atomic E-state index is 0.155. The first-order valence-corrected chi connectivity index (χ1v) is 6.68. The first-order chi connectivity index (χ1) is 7.90. The summed E-state index contributed by atoms with van der Waals surface area (Å²) in [6.45, 7) is 7.72. The lowest BCUT2D eigenvalue weighted by Crippen LogP contribution is -2.34. The Hall–Kier alpha value is -0.920. The molecule has 0 aromatic carbocycles. The lowest BCUT2D eigenvalue weighted by Gasteiger charge is -2.29. The summed E-state index contributed by atoms with van der Waals surface area (Å²) in [5, 5.41) is 0. The smallest absolute Gasteiger partial charge is 0.165 e. The van der Waals surface area contributed by atoms with Gasteiger partial charge in [-0.3, -0.25) is 9.59 Å². The summed E-state index contributed by atoms with van der Waals surface area (Å²) in [6, 6.07) is 0. The van der Waals surface area contributed by atoms with Crippen LogP contribution in [0.4, 0.5) is 0 Å². The topological polar surface area (TPSA) is 34.1 Å². The Balaban J connectivity index is 2.73. The highest BCUT2D eigenvalue weighted by molar-refractivity contribution is 6.13. The third-order valence-electron chi connectivity index (χ3n) is 3.63. The van der Waals surface area contributed by atoms with Crippen LogP contribution in [0.25, 0.3) is 0 Å². The van der Waals surface area contributed by atoms with Crippen LogP contribution in [0.2, 0.25) is 0 Å². The van der Waals surface area contributed by atoms with Gasteiger partial charge in [-0.15, -0.1) is 0 Å². The number of hydrogen-bond donors (Lipinski definition) is 0. The van der Waals surface area contributed by atoms with Crippen molar-refractivity contribution in [3.63, 3.8) is 0 Å². The molecule has 0 aliphatic heterocycles. The molecule has 0 amide bonds. The van der Waals surface area contributed by atoms with Gasteiger partial charge in [0.1, 0.15) is 0 Å². The second-order valence-corrected chi connectivity index (χ2v) is 5.73. The molecule has 0 saturated carbocycles. The maximum absolute atomic E-state index is 12.1. The van der Waals surface area contributed by atoms with Crippen molar-refractivity contribution >= 4 is 11.6 Å². The molecule has 96 valence electrons. The summed E-state index contributed by atoms with van der Waals surface area (Å²) < 4.78 is 0. The molecule has 0 heterocycles. The molecule has 1 rings (SSSR count). The number of Topliss-reactive ketones (excluding diaryl/α,β-unsaturated/α-hetero) is 2. The van der Waals surface area contributed by atoms with Crippen LogP contribution in [-0.2, 0) is 9.59 Å². The van der Waals surface area contributed by atoms with Gasteiger partial charge in [0, 0.05) is 17.4 Å². The molecule has 0 radical (unpaired) electrons. The van der Waals surface area contributed by atoms with Crippen LogP contribution in [0.3, 0.4) is 0 Å². The zero-order chi connectivity index (χ0) is 13.1. The zero-order valence-electron chi connectivity index (χ0n) is 11.6. The second kappa shape index (κ2) is 5.61. The van der Waals surface area contributed by atoms with Crippen LogP contribution in [0, 0.1) is 5.41 Å². The first kappa shape index (κ1) is 14.1. The minimum Gasteiger partial charge on any atom is -0.295 e. The summed E-state index contributed by atoms with van der Waals surface area (Å²) in [5.41, 5.74) is 1.02. The van der Waals surface area contributed by atoms with E-state index in [0.717, 1.165) is 24.8 Å². The maximum atomic E-state index is 12.1. The average molecular weight is 236 g/mol. The molecule has 0 N–H and O–H groups in total. The van der Waals surface area contributed by atoms with E-state index >= 15 is 0 Å². The summed E-state index contributed by atoms with van der Waals surface area (Å²) in [5.74, 6) is 0.339. The Morgan fingerprint density at radius 3 is 2.35 bits per heavy atom. The van der Waals surface area contributed by atoms with E-state index in [1.54, 1.807) is 0 Å². The molecule has 0 fully saturated rings.